The molecule has 0 N–H and O–H groups in total. The van der Waals surface area contributed by atoms with Crippen molar-refractivity contribution in [2.75, 3.05) is 0 Å². The predicted octanol–water partition coefficient (Wildman–Crippen LogP) is 4.35. The minimum absolute atomic E-state index is 0.208. The molecule has 2 rings (SSSR count). The highest BCUT2D eigenvalue weighted by Crippen LogP contribution is 2.32. The topological polar surface area (TPSA) is 22.0 Å². The molecule has 0 fully saturated rings. The second-order valence-electron chi connectivity index (χ2n) is 4.00. The van der Waals surface area contributed by atoms with Crippen molar-refractivity contribution in [2.24, 2.45) is 0 Å². The Balaban J connectivity index is 2.77. The van der Waals surface area contributed by atoms with E-state index in [1.807, 2.05) is 6.92 Å². The summed E-state index contributed by atoms with van der Waals surface area (Å²) in [5, 5.41) is 0.415. The van der Waals surface area contributed by atoms with Crippen molar-refractivity contribution in [1.82, 2.24) is 4.57 Å². The quantitative estimate of drug-likeness (QED) is 0.752. The van der Waals surface area contributed by atoms with Gasteiger partial charge in [0.25, 0.3) is 0 Å². The maximum absolute atomic E-state index is 13.2. The first kappa shape index (κ1) is 13.1. The molecule has 0 bridgehead atoms. The lowest BCUT2D eigenvalue weighted by Crippen LogP contribution is -2.02. The Hall–Kier alpha value is -1.32. The van der Waals surface area contributed by atoms with Crippen LogP contribution in [-0.4, -0.2) is 10.9 Å². The first-order valence-electron chi connectivity index (χ1n) is 5.24. The standard InChI is InChI=1S/C13H10Cl2FNO/c1-7-3-9(6-18)8(2)17(7)13-11(14)4-10(16)5-12(13)15/h3-6H,1-2H3. The fourth-order valence-corrected chi connectivity index (χ4v) is 2.63. The van der Waals surface area contributed by atoms with Gasteiger partial charge in [-0.3, -0.25) is 4.79 Å². The summed E-state index contributed by atoms with van der Waals surface area (Å²) in [6.07, 6.45) is 0.768. The van der Waals surface area contributed by atoms with Crippen molar-refractivity contribution >= 4 is 29.5 Å². The van der Waals surface area contributed by atoms with Gasteiger partial charge in [0.2, 0.25) is 0 Å². The fraction of sp³-hybridized carbons (Fsp3) is 0.154. The average molecular weight is 286 g/mol. The second kappa shape index (κ2) is 4.75. The highest BCUT2D eigenvalue weighted by Gasteiger charge is 2.16. The summed E-state index contributed by atoms with van der Waals surface area (Å²) in [5.41, 5.74) is 2.58. The van der Waals surface area contributed by atoms with Crippen molar-refractivity contribution in [3.05, 3.63) is 51.0 Å². The number of carbonyl (C=O) groups excluding carboxylic acids is 1. The summed E-state index contributed by atoms with van der Waals surface area (Å²) < 4.78 is 14.9. The SMILES string of the molecule is Cc1cc(C=O)c(C)n1-c1c(Cl)cc(F)cc1Cl. The number of halogens is 3. The summed E-state index contributed by atoms with van der Waals surface area (Å²) >= 11 is 12.1. The van der Waals surface area contributed by atoms with E-state index in [0.717, 1.165) is 17.7 Å². The highest BCUT2D eigenvalue weighted by atomic mass is 35.5. The van der Waals surface area contributed by atoms with E-state index < -0.39 is 5.82 Å². The van der Waals surface area contributed by atoms with E-state index in [1.165, 1.54) is 12.1 Å². The zero-order valence-electron chi connectivity index (χ0n) is 9.80. The molecular weight excluding hydrogens is 276 g/mol. The average Bonchev–Trinajstić information content (AvgIpc) is 2.55. The number of carbonyl (C=O) groups is 1. The molecule has 0 spiro atoms. The molecule has 1 aromatic carbocycles. The molecule has 5 heteroatoms. The smallest absolute Gasteiger partial charge is 0.151 e. The normalized spacial score (nSPS) is 10.7. The van der Waals surface area contributed by atoms with E-state index in [0.29, 0.717) is 11.3 Å². The van der Waals surface area contributed by atoms with Crippen LogP contribution in [0, 0.1) is 19.7 Å². The van der Waals surface area contributed by atoms with Crippen molar-refractivity contribution in [3.8, 4) is 5.69 Å². The van der Waals surface area contributed by atoms with Crippen LogP contribution in [0.4, 0.5) is 4.39 Å². The molecule has 0 amide bonds. The molecule has 94 valence electrons. The van der Waals surface area contributed by atoms with Gasteiger partial charge in [0.1, 0.15) is 5.82 Å². The largest absolute Gasteiger partial charge is 0.315 e. The van der Waals surface area contributed by atoms with E-state index in [9.17, 15) is 9.18 Å². The minimum Gasteiger partial charge on any atom is -0.315 e. The fourth-order valence-electron chi connectivity index (χ4n) is 2.00. The molecule has 0 atom stereocenters. The van der Waals surface area contributed by atoms with Crippen molar-refractivity contribution in [3.63, 3.8) is 0 Å². The summed E-state index contributed by atoms with van der Waals surface area (Å²) in [5.74, 6) is -0.494. The molecule has 0 unspecified atom stereocenters. The van der Waals surface area contributed by atoms with Crippen LogP contribution in [0.2, 0.25) is 10.0 Å². The van der Waals surface area contributed by atoms with Gasteiger partial charge in [-0.1, -0.05) is 23.2 Å². The Morgan fingerprint density at radius 2 is 1.72 bits per heavy atom. The number of aldehydes is 1. The zero-order chi connectivity index (χ0) is 13.4. The number of hydrogen-bond donors (Lipinski definition) is 0. The van der Waals surface area contributed by atoms with Gasteiger partial charge in [-0.05, 0) is 32.0 Å². The maximum atomic E-state index is 13.2. The zero-order valence-corrected chi connectivity index (χ0v) is 11.3. The van der Waals surface area contributed by atoms with Crippen LogP contribution in [0.25, 0.3) is 5.69 Å². The van der Waals surface area contributed by atoms with E-state index in [2.05, 4.69) is 0 Å². The Bertz CT molecular complexity index is 611. The van der Waals surface area contributed by atoms with Crippen LogP contribution in [0.15, 0.2) is 18.2 Å². The first-order valence-corrected chi connectivity index (χ1v) is 6.00. The predicted molar refractivity (Wildman–Crippen MR) is 70.6 cm³/mol. The summed E-state index contributed by atoms with van der Waals surface area (Å²) in [6.45, 7) is 3.61. The molecule has 0 aliphatic rings. The molecule has 2 nitrogen and oxygen atoms in total. The van der Waals surface area contributed by atoms with Gasteiger partial charge in [0, 0.05) is 17.0 Å². The van der Waals surface area contributed by atoms with Crippen LogP contribution in [-0.2, 0) is 0 Å². The molecule has 0 aliphatic heterocycles. The van der Waals surface area contributed by atoms with Crippen molar-refractivity contribution in [2.45, 2.75) is 13.8 Å². The maximum Gasteiger partial charge on any atom is 0.151 e. The van der Waals surface area contributed by atoms with Gasteiger partial charge >= 0.3 is 0 Å². The van der Waals surface area contributed by atoms with Gasteiger partial charge in [-0.25, -0.2) is 4.39 Å². The minimum atomic E-state index is -0.494. The molecule has 18 heavy (non-hydrogen) atoms. The third-order valence-corrected chi connectivity index (χ3v) is 3.38. The van der Waals surface area contributed by atoms with Crippen LogP contribution in [0.1, 0.15) is 21.7 Å². The van der Waals surface area contributed by atoms with Crippen LogP contribution in [0.3, 0.4) is 0 Å². The van der Waals surface area contributed by atoms with Gasteiger partial charge in [-0.15, -0.1) is 0 Å². The van der Waals surface area contributed by atoms with E-state index >= 15 is 0 Å². The lowest BCUT2D eigenvalue weighted by molar-refractivity contribution is 0.112. The third kappa shape index (κ3) is 2.04. The summed E-state index contributed by atoms with van der Waals surface area (Å²) in [6, 6.07) is 4.13. The summed E-state index contributed by atoms with van der Waals surface area (Å²) in [4.78, 5) is 10.9. The monoisotopic (exact) mass is 285 g/mol. The van der Waals surface area contributed by atoms with E-state index in [4.69, 9.17) is 23.2 Å². The summed E-state index contributed by atoms with van der Waals surface area (Å²) in [7, 11) is 0. The highest BCUT2D eigenvalue weighted by molar-refractivity contribution is 6.37. The van der Waals surface area contributed by atoms with Crippen molar-refractivity contribution < 1.29 is 9.18 Å². The lowest BCUT2D eigenvalue weighted by Gasteiger charge is -2.13. The molecule has 0 aliphatic carbocycles. The van der Waals surface area contributed by atoms with Gasteiger partial charge in [0.05, 0.1) is 15.7 Å². The van der Waals surface area contributed by atoms with Crippen LogP contribution in [0.5, 0.6) is 0 Å². The molecule has 0 radical (unpaired) electrons. The van der Waals surface area contributed by atoms with E-state index in [1.54, 1.807) is 17.6 Å². The molecule has 0 saturated heterocycles. The Morgan fingerprint density at radius 3 is 2.17 bits per heavy atom. The number of benzene rings is 1. The van der Waals surface area contributed by atoms with Crippen molar-refractivity contribution in [1.29, 1.82) is 0 Å². The van der Waals surface area contributed by atoms with Gasteiger partial charge in [0.15, 0.2) is 6.29 Å². The van der Waals surface area contributed by atoms with Crippen LogP contribution >= 0.6 is 23.2 Å². The number of hydrogen-bond acceptors (Lipinski definition) is 1. The molecule has 1 aromatic heterocycles. The number of rotatable bonds is 2. The first-order chi connectivity index (χ1) is 8.45. The molecule has 2 aromatic rings. The van der Waals surface area contributed by atoms with E-state index in [-0.39, 0.29) is 10.0 Å². The van der Waals surface area contributed by atoms with Gasteiger partial charge in [-0.2, -0.15) is 0 Å². The molecule has 0 saturated carbocycles. The third-order valence-electron chi connectivity index (χ3n) is 2.80. The number of aryl methyl sites for hydroxylation is 1. The Morgan fingerprint density at radius 1 is 1.17 bits per heavy atom. The number of aromatic nitrogens is 1. The lowest BCUT2D eigenvalue weighted by atomic mass is 10.2. The van der Waals surface area contributed by atoms with Crippen LogP contribution < -0.4 is 0 Å². The van der Waals surface area contributed by atoms with Gasteiger partial charge < -0.3 is 4.57 Å². The molecular formula is C13H10Cl2FNO. The Kier molecular flexibility index (Phi) is 3.46. The second-order valence-corrected chi connectivity index (χ2v) is 4.81. The number of nitrogens with zero attached hydrogens (tertiary/aromatic N) is 1. The molecule has 1 heterocycles. The Labute approximate surface area is 114 Å².